The number of benzene rings is 8. The Morgan fingerprint density at radius 2 is 1.17 bits per heavy atom. The van der Waals surface area contributed by atoms with Crippen LogP contribution in [-0.2, 0) is 0 Å². The van der Waals surface area contributed by atoms with Gasteiger partial charge in [0.25, 0.3) is 0 Å². The second-order valence-electron chi connectivity index (χ2n) is 12.1. The van der Waals surface area contributed by atoms with Crippen molar-refractivity contribution in [2.45, 2.75) is 0 Å². The molecule has 0 amide bonds. The molecule has 10 rings (SSSR count). The van der Waals surface area contributed by atoms with Crippen LogP contribution in [0.3, 0.4) is 0 Å². The normalized spacial score (nSPS) is 11.8. The smallest absolute Gasteiger partial charge is 0.136 e. The van der Waals surface area contributed by atoms with Crippen molar-refractivity contribution in [3.8, 4) is 11.1 Å². The summed E-state index contributed by atoms with van der Waals surface area (Å²) in [4.78, 5) is 2.40. The lowest BCUT2D eigenvalue weighted by atomic mass is 9.94. The van der Waals surface area contributed by atoms with Gasteiger partial charge in [-0.1, -0.05) is 109 Å². The maximum absolute atomic E-state index is 6.18. The molecule has 10 aromatic rings. The number of para-hydroxylation sites is 2. The first-order valence-corrected chi connectivity index (χ1v) is 16.7. The first kappa shape index (κ1) is 26.3. The van der Waals surface area contributed by atoms with E-state index >= 15 is 0 Å². The van der Waals surface area contributed by atoms with E-state index in [1.165, 1.54) is 58.2 Å². The van der Waals surface area contributed by atoms with E-state index in [4.69, 9.17) is 4.42 Å². The summed E-state index contributed by atoms with van der Waals surface area (Å²) in [6.07, 6.45) is 0. The zero-order chi connectivity index (χ0) is 30.9. The van der Waals surface area contributed by atoms with E-state index in [9.17, 15) is 0 Å². The molecule has 0 fully saturated rings. The predicted octanol–water partition coefficient (Wildman–Crippen LogP) is 13.4. The fourth-order valence-electron chi connectivity index (χ4n) is 7.32. The lowest BCUT2D eigenvalue weighted by Gasteiger charge is -2.27. The van der Waals surface area contributed by atoms with Crippen LogP contribution in [0.15, 0.2) is 168 Å². The number of hydrogen-bond donors (Lipinski definition) is 0. The van der Waals surface area contributed by atoms with Crippen molar-refractivity contribution in [1.29, 1.82) is 0 Å². The van der Waals surface area contributed by atoms with Crippen molar-refractivity contribution < 1.29 is 4.42 Å². The largest absolute Gasteiger partial charge is 0.456 e. The summed E-state index contributed by atoms with van der Waals surface area (Å²) in [7, 11) is 0. The van der Waals surface area contributed by atoms with E-state index in [-0.39, 0.29) is 0 Å². The summed E-state index contributed by atoms with van der Waals surface area (Å²) in [5.41, 5.74) is 7.71. The molecule has 0 saturated heterocycles. The molecule has 2 heterocycles. The molecule has 0 aliphatic rings. The number of anilines is 3. The summed E-state index contributed by atoms with van der Waals surface area (Å²) in [5.74, 6) is 0. The number of nitrogens with zero attached hydrogens (tertiary/aromatic N) is 1. The van der Waals surface area contributed by atoms with E-state index in [2.05, 4.69) is 157 Å². The summed E-state index contributed by atoms with van der Waals surface area (Å²) in [6, 6.07) is 59.1. The lowest BCUT2D eigenvalue weighted by molar-refractivity contribution is 0.669. The van der Waals surface area contributed by atoms with Crippen LogP contribution < -0.4 is 4.90 Å². The van der Waals surface area contributed by atoms with Gasteiger partial charge >= 0.3 is 0 Å². The van der Waals surface area contributed by atoms with Gasteiger partial charge in [-0.15, -0.1) is 11.3 Å². The highest BCUT2D eigenvalue weighted by Crippen LogP contribution is 2.44. The van der Waals surface area contributed by atoms with Crippen LogP contribution in [-0.4, -0.2) is 0 Å². The number of furan rings is 1. The number of hydrogen-bond acceptors (Lipinski definition) is 3. The van der Waals surface area contributed by atoms with Crippen molar-refractivity contribution in [3.63, 3.8) is 0 Å². The number of thiophene rings is 1. The van der Waals surface area contributed by atoms with Gasteiger partial charge < -0.3 is 9.32 Å². The molecule has 0 bridgehead atoms. The summed E-state index contributed by atoms with van der Waals surface area (Å²) >= 11 is 1.86. The van der Waals surface area contributed by atoms with E-state index in [1.807, 2.05) is 23.5 Å². The minimum absolute atomic E-state index is 0.926. The van der Waals surface area contributed by atoms with Crippen LogP contribution in [0.2, 0.25) is 0 Å². The van der Waals surface area contributed by atoms with Crippen molar-refractivity contribution in [2.24, 2.45) is 0 Å². The fourth-order valence-corrected chi connectivity index (χ4v) is 8.46. The predicted molar refractivity (Wildman–Crippen MR) is 202 cm³/mol. The molecule has 0 atom stereocenters. The molecule has 47 heavy (non-hydrogen) atoms. The Bertz CT molecular complexity index is 2810. The Labute approximate surface area is 275 Å². The molecule has 0 aliphatic carbocycles. The van der Waals surface area contributed by atoms with Crippen LogP contribution >= 0.6 is 11.3 Å². The minimum atomic E-state index is 0.926. The number of fused-ring (bicyclic) bond motifs is 9. The van der Waals surface area contributed by atoms with Gasteiger partial charge in [0.2, 0.25) is 0 Å². The molecule has 2 aromatic heterocycles. The summed E-state index contributed by atoms with van der Waals surface area (Å²) in [5, 5.41) is 9.81. The van der Waals surface area contributed by atoms with Crippen molar-refractivity contribution >= 4 is 92.1 Å². The number of rotatable bonds is 4. The molecular weight excluding hydrogens is 591 g/mol. The van der Waals surface area contributed by atoms with Gasteiger partial charge in [0.15, 0.2) is 0 Å². The topological polar surface area (TPSA) is 16.4 Å². The highest BCUT2D eigenvalue weighted by atomic mass is 32.1. The third kappa shape index (κ3) is 4.10. The van der Waals surface area contributed by atoms with E-state index in [0.29, 0.717) is 0 Å². The maximum Gasteiger partial charge on any atom is 0.136 e. The van der Waals surface area contributed by atoms with Gasteiger partial charge in [-0.05, 0) is 81.9 Å². The van der Waals surface area contributed by atoms with E-state index in [1.54, 1.807) is 0 Å². The average molecular weight is 618 g/mol. The maximum atomic E-state index is 6.18. The SMILES string of the molecule is c1ccc(N(c2ccc3c(c2)sc2ccccc23)c2cccc3c(-c4ccc5c(ccc6oc7ccccc7c65)c4)cccc23)cc1. The van der Waals surface area contributed by atoms with Gasteiger partial charge in [-0.2, -0.15) is 0 Å². The van der Waals surface area contributed by atoms with Crippen LogP contribution in [0.5, 0.6) is 0 Å². The molecule has 0 unspecified atom stereocenters. The van der Waals surface area contributed by atoms with Crippen LogP contribution in [0.25, 0.3) is 74.8 Å². The molecule has 3 heteroatoms. The molecule has 0 saturated carbocycles. The van der Waals surface area contributed by atoms with Crippen molar-refractivity contribution in [2.75, 3.05) is 4.90 Å². The Morgan fingerprint density at radius 1 is 0.426 bits per heavy atom. The molecule has 0 N–H and O–H groups in total. The minimum Gasteiger partial charge on any atom is -0.456 e. The van der Waals surface area contributed by atoms with Crippen LogP contribution in [0, 0.1) is 0 Å². The van der Waals surface area contributed by atoms with Crippen molar-refractivity contribution in [1.82, 2.24) is 0 Å². The van der Waals surface area contributed by atoms with Gasteiger partial charge in [0, 0.05) is 47.7 Å². The first-order valence-electron chi connectivity index (χ1n) is 15.9. The van der Waals surface area contributed by atoms with E-state index in [0.717, 1.165) is 33.6 Å². The zero-order valence-electron chi connectivity index (χ0n) is 25.4. The highest BCUT2D eigenvalue weighted by Gasteiger charge is 2.18. The second kappa shape index (κ2) is 10.3. The molecule has 220 valence electrons. The molecule has 0 radical (unpaired) electrons. The molecular formula is C44H27NOS. The van der Waals surface area contributed by atoms with E-state index < -0.39 is 0 Å². The Balaban J connectivity index is 1.16. The standard InChI is InChI=1S/C44H27NOS/c1-2-10-30(11-3-1)45(31-22-24-37-36-12-5-7-19-42(36)47-43(37)27-31)39-17-9-15-34-32(14-8-16-35(34)39)28-20-23-33-29(26-28)21-25-41-44(33)38-13-4-6-18-40(38)46-41/h1-27H. The molecule has 8 aromatic carbocycles. The van der Waals surface area contributed by atoms with Gasteiger partial charge in [-0.25, -0.2) is 0 Å². The third-order valence-corrected chi connectivity index (χ3v) is 10.6. The lowest BCUT2D eigenvalue weighted by Crippen LogP contribution is -2.10. The van der Waals surface area contributed by atoms with Gasteiger partial charge in [-0.3, -0.25) is 0 Å². The molecule has 0 spiro atoms. The van der Waals surface area contributed by atoms with Crippen molar-refractivity contribution in [3.05, 3.63) is 164 Å². The molecule has 2 nitrogen and oxygen atoms in total. The van der Waals surface area contributed by atoms with Crippen LogP contribution in [0.4, 0.5) is 17.1 Å². The Hall–Kier alpha value is -5.90. The highest BCUT2D eigenvalue weighted by molar-refractivity contribution is 7.25. The molecule has 0 aliphatic heterocycles. The summed E-state index contributed by atoms with van der Waals surface area (Å²) < 4.78 is 8.79. The van der Waals surface area contributed by atoms with Gasteiger partial charge in [0.1, 0.15) is 11.2 Å². The fraction of sp³-hybridized carbons (Fsp3) is 0. The monoisotopic (exact) mass is 617 g/mol. The average Bonchev–Trinajstić information content (AvgIpc) is 3.70. The third-order valence-electron chi connectivity index (χ3n) is 9.44. The Morgan fingerprint density at radius 3 is 2.11 bits per heavy atom. The first-order chi connectivity index (χ1) is 23.3. The van der Waals surface area contributed by atoms with Gasteiger partial charge in [0.05, 0.1) is 5.69 Å². The Kier molecular flexibility index (Phi) is 5.78. The quantitative estimate of drug-likeness (QED) is 0.195. The zero-order valence-corrected chi connectivity index (χ0v) is 26.2. The second-order valence-corrected chi connectivity index (χ2v) is 13.2. The summed E-state index contributed by atoms with van der Waals surface area (Å²) in [6.45, 7) is 0. The van der Waals surface area contributed by atoms with Crippen LogP contribution in [0.1, 0.15) is 0 Å².